The van der Waals surface area contributed by atoms with Crippen molar-refractivity contribution in [2.45, 2.75) is 0 Å². The van der Waals surface area contributed by atoms with E-state index in [2.05, 4.69) is 20.7 Å². The lowest BCUT2D eigenvalue weighted by molar-refractivity contribution is 0.262. The molecule has 0 saturated carbocycles. The Morgan fingerprint density at radius 3 is 2.82 bits per heavy atom. The molecule has 7 heteroatoms. The summed E-state index contributed by atoms with van der Waals surface area (Å²) in [6.45, 7) is 0. The Labute approximate surface area is 103 Å². The van der Waals surface area contributed by atoms with Crippen LogP contribution >= 0.6 is 11.6 Å². The van der Waals surface area contributed by atoms with E-state index in [0.29, 0.717) is 16.7 Å². The number of carbonyl (C=O) groups is 1. The second-order valence-corrected chi connectivity index (χ2v) is 3.71. The first-order valence-corrected chi connectivity index (χ1v) is 5.20. The largest absolute Gasteiger partial charge is 0.326 e. The topological polar surface area (TPSA) is 71.8 Å². The minimum absolute atomic E-state index is 0.386. The highest BCUT2D eigenvalue weighted by molar-refractivity contribution is 6.30. The standard InChI is InChI=1S/C10H10ClN5O/c1-16-9(3-5-13-16)15-10(17)14-8-6-7(11)2-4-12-8/h2-6H,1H3,(H2,12,14,15,17). The Morgan fingerprint density at radius 1 is 1.35 bits per heavy atom. The van der Waals surface area contributed by atoms with Crippen LogP contribution in [0.1, 0.15) is 0 Å². The van der Waals surface area contributed by atoms with Gasteiger partial charge in [-0.05, 0) is 12.1 Å². The fourth-order valence-corrected chi connectivity index (χ4v) is 1.39. The molecule has 0 spiro atoms. The van der Waals surface area contributed by atoms with Crippen LogP contribution in [0.3, 0.4) is 0 Å². The predicted octanol–water partition coefficient (Wildman–Crippen LogP) is 2.11. The minimum Gasteiger partial charge on any atom is -0.292 e. The normalized spacial score (nSPS) is 10.0. The Kier molecular flexibility index (Phi) is 3.24. The Balaban J connectivity index is 2.01. The third-order valence-corrected chi connectivity index (χ3v) is 2.26. The van der Waals surface area contributed by atoms with Gasteiger partial charge in [0.2, 0.25) is 0 Å². The molecular weight excluding hydrogens is 242 g/mol. The van der Waals surface area contributed by atoms with Crippen molar-refractivity contribution >= 4 is 29.3 Å². The number of aryl methyl sites for hydroxylation is 1. The minimum atomic E-state index is -0.400. The lowest BCUT2D eigenvalue weighted by atomic mass is 10.4. The Morgan fingerprint density at radius 2 is 2.18 bits per heavy atom. The summed E-state index contributed by atoms with van der Waals surface area (Å²) in [5, 5.41) is 9.63. The van der Waals surface area contributed by atoms with Gasteiger partial charge in [0.1, 0.15) is 11.6 Å². The molecule has 0 radical (unpaired) electrons. The number of urea groups is 1. The van der Waals surface area contributed by atoms with Crippen LogP contribution in [0, 0.1) is 0 Å². The quantitative estimate of drug-likeness (QED) is 0.859. The second-order valence-electron chi connectivity index (χ2n) is 3.28. The predicted molar refractivity (Wildman–Crippen MR) is 65.1 cm³/mol. The van der Waals surface area contributed by atoms with E-state index in [1.165, 1.54) is 6.20 Å². The van der Waals surface area contributed by atoms with Gasteiger partial charge in [-0.1, -0.05) is 11.6 Å². The van der Waals surface area contributed by atoms with Crippen LogP contribution in [-0.4, -0.2) is 20.8 Å². The van der Waals surface area contributed by atoms with E-state index < -0.39 is 6.03 Å². The van der Waals surface area contributed by atoms with Gasteiger partial charge in [-0.25, -0.2) is 9.78 Å². The summed E-state index contributed by atoms with van der Waals surface area (Å²) in [6.07, 6.45) is 3.11. The van der Waals surface area contributed by atoms with Crippen LogP contribution < -0.4 is 10.6 Å². The zero-order chi connectivity index (χ0) is 12.3. The molecule has 2 N–H and O–H groups in total. The van der Waals surface area contributed by atoms with E-state index in [0.717, 1.165) is 0 Å². The molecule has 2 amide bonds. The summed E-state index contributed by atoms with van der Waals surface area (Å²) in [4.78, 5) is 15.5. The maximum absolute atomic E-state index is 11.6. The summed E-state index contributed by atoms with van der Waals surface area (Å²) >= 11 is 5.77. The highest BCUT2D eigenvalue weighted by atomic mass is 35.5. The molecule has 2 rings (SSSR count). The first kappa shape index (κ1) is 11.4. The third kappa shape index (κ3) is 2.94. The van der Waals surface area contributed by atoms with Crippen molar-refractivity contribution < 1.29 is 4.79 Å². The molecule has 2 aromatic heterocycles. The van der Waals surface area contributed by atoms with Crippen molar-refractivity contribution in [1.82, 2.24) is 14.8 Å². The van der Waals surface area contributed by atoms with Gasteiger partial charge >= 0.3 is 6.03 Å². The molecule has 6 nitrogen and oxygen atoms in total. The van der Waals surface area contributed by atoms with Crippen LogP contribution in [0.2, 0.25) is 5.02 Å². The number of rotatable bonds is 2. The lowest BCUT2D eigenvalue weighted by Gasteiger charge is -2.06. The van der Waals surface area contributed by atoms with Crippen molar-refractivity contribution in [2.75, 3.05) is 10.6 Å². The van der Waals surface area contributed by atoms with Crippen molar-refractivity contribution in [3.63, 3.8) is 0 Å². The van der Waals surface area contributed by atoms with Gasteiger partial charge in [0, 0.05) is 24.3 Å². The molecular formula is C10H10ClN5O. The maximum atomic E-state index is 11.6. The van der Waals surface area contributed by atoms with E-state index in [1.54, 1.807) is 36.1 Å². The molecule has 0 aromatic carbocycles. The van der Waals surface area contributed by atoms with Crippen LogP contribution in [-0.2, 0) is 7.05 Å². The zero-order valence-electron chi connectivity index (χ0n) is 9.01. The summed E-state index contributed by atoms with van der Waals surface area (Å²) in [5.74, 6) is 0.974. The molecule has 0 aliphatic heterocycles. The number of carbonyl (C=O) groups excluding carboxylic acids is 1. The van der Waals surface area contributed by atoms with Crippen molar-refractivity contribution in [3.05, 3.63) is 35.6 Å². The van der Waals surface area contributed by atoms with Gasteiger partial charge in [0.15, 0.2) is 0 Å². The van der Waals surface area contributed by atoms with Gasteiger partial charge in [0.05, 0.1) is 6.20 Å². The van der Waals surface area contributed by atoms with Crippen LogP contribution in [0.4, 0.5) is 16.4 Å². The summed E-state index contributed by atoms with van der Waals surface area (Å²) in [7, 11) is 1.73. The zero-order valence-corrected chi connectivity index (χ0v) is 9.77. The monoisotopic (exact) mass is 251 g/mol. The number of pyridine rings is 1. The third-order valence-electron chi connectivity index (χ3n) is 2.03. The maximum Gasteiger partial charge on any atom is 0.326 e. The number of nitrogens with zero attached hydrogens (tertiary/aromatic N) is 3. The SMILES string of the molecule is Cn1nccc1NC(=O)Nc1cc(Cl)ccn1. The van der Waals surface area contributed by atoms with E-state index in [1.807, 2.05) is 0 Å². The van der Waals surface area contributed by atoms with Crippen molar-refractivity contribution in [3.8, 4) is 0 Å². The molecule has 0 unspecified atom stereocenters. The smallest absolute Gasteiger partial charge is 0.292 e. The lowest BCUT2D eigenvalue weighted by Crippen LogP contribution is -2.21. The van der Waals surface area contributed by atoms with Crippen molar-refractivity contribution in [2.24, 2.45) is 7.05 Å². The van der Waals surface area contributed by atoms with Gasteiger partial charge in [-0.2, -0.15) is 5.10 Å². The van der Waals surface area contributed by atoms with Crippen LogP contribution in [0.15, 0.2) is 30.6 Å². The van der Waals surface area contributed by atoms with Crippen molar-refractivity contribution in [1.29, 1.82) is 0 Å². The fourth-order valence-electron chi connectivity index (χ4n) is 1.23. The van der Waals surface area contributed by atoms with E-state index in [4.69, 9.17) is 11.6 Å². The number of amides is 2. The van der Waals surface area contributed by atoms with Crippen LogP contribution in [0.25, 0.3) is 0 Å². The summed E-state index contributed by atoms with van der Waals surface area (Å²) < 4.78 is 1.55. The molecule has 0 aliphatic rings. The molecule has 0 atom stereocenters. The Bertz CT molecular complexity index is 539. The number of nitrogens with one attached hydrogen (secondary N) is 2. The van der Waals surface area contributed by atoms with Crippen LogP contribution in [0.5, 0.6) is 0 Å². The average Bonchev–Trinajstić information content (AvgIpc) is 2.64. The number of hydrogen-bond acceptors (Lipinski definition) is 3. The van der Waals surface area contributed by atoms with E-state index >= 15 is 0 Å². The molecule has 0 fully saturated rings. The number of anilines is 2. The molecule has 2 heterocycles. The molecule has 88 valence electrons. The van der Waals surface area contributed by atoms with Gasteiger partial charge < -0.3 is 0 Å². The summed E-state index contributed by atoms with van der Waals surface area (Å²) in [5.41, 5.74) is 0. The molecule has 0 aliphatic carbocycles. The highest BCUT2D eigenvalue weighted by Gasteiger charge is 2.05. The highest BCUT2D eigenvalue weighted by Crippen LogP contribution is 2.12. The fraction of sp³-hybridized carbons (Fsp3) is 0.100. The average molecular weight is 252 g/mol. The Hall–Kier alpha value is -2.08. The molecule has 0 bridgehead atoms. The number of halogens is 1. The van der Waals surface area contributed by atoms with Gasteiger partial charge in [-0.3, -0.25) is 15.3 Å². The van der Waals surface area contributed by atoms with Gasteiger partial charge in [-0.15, -0.1) is 0 Å². The van der Waals surface area contributed by atoms with E-state index in [-0.39, 0.29) is 0 Å². The molecule has 0 saturated heterocycles. The first-order chi connectivity index (χ1) is 8.15. The molecule has 17 heavy (non-hydrogen) atoms. The second kappa shape index (κ2) is 4.84. The number of aromatic nitrogens is 3. The first-order valence-electron chi connectivity index (χ1n) is 4.83. The number of hydrogen-bond donors (Lipinski definition) is 2. The molecule has 2 aromatic rings. The van der Waals surface area contributed by atoms with E-state index in [9.17, 15) is 4.79 Å². The summed E-state index contributed by atoms with van der Waals surface area (Å²) in [6, 6.07) is 4.48. The van der Waals surface area contributed by atoms with Gasteiger partial charge in [0.25, 0.3) is 0 Å².